The maximum atomic E-state index is 13.2. The Morgan fingerprint density at radius 3 is 1.45 bits per heavy atom. The van der Waals surface area contributed by atoms with E-state index in [2.05, 4.69) is 20.4 Å². The number of carboxylic acids is 1. The first-order valence-corrected chi connectivity index (χ1v) is 18.8. The normalized spacial score (nSPS) is 11.5. The molecule has 0 fully saturated rings. The summed E-state index contributed by atoms with van der Waals surface area (Å²) in [6, 6.07) is 12.0. The van der Waals surface area contributed by atoms with Crippen molar-refractivity contribution in [2.45, 2.75) is 92.7 Å². The second-order valence-corrected chi connectivity index (χ2v) is 14.8. The molecule has 0 saturated heterocycles. The van der Waals surface area contributed by atoms with Crippen LogP contribution >= 0.6 is 23.2 Å². The van der Waals surface area contributed by atoms with Crippen molar-refractivity contribution in [3.63, 3.8) is 0 Å². The van der Waals surface area contributed by atoms with Crippen LogP contribution in [0.3, 0.4) is 0 Å². The predicted molar refractivity (Wildman–Crippen MR) is 217 cm³/mol. The summed E-state index contributed by atoms with van der Waals surface area (Å²) in [6.07, 6.45) is -6.24. The van der Waals surface area contributed by atoms with Gasteiger partial charge in [0, 0.05) is 12.0 Å². The first kappa shape index (κ1) is 50.6. The molecule has 0 bridgehead atoms. The molecule has 6 rings (SSSR count). The maximum Gasteiger partial charge on any atom is 0.436 e. The summed E-state index contributed by atoms with van der Waals surface area (Å²) in [6.45, 7) is 9.61. The molecule has 336 valence electrons. The molecule has 0 radical (unpaired) electrons. The molecule has 12 nitrogen and oxygen atoms in total. The summed E-state index contributed by atoms with van der Waals surface area (Å²) in [4.78, 5) is 22.9. The van der Waals surface area contributed by atoms with Crippen LogP contribution in [0.4, 0.5) is 40.8 Å². The molecule has 6 aromatic rings. The average Bonchev–Trinajstić information content (AvgIpc) is 3.91. The molecule has 0 amide bonds. The number of hydrogen-bond donors (Lipinski definition) is 2. The van der Waals surface area contributed by atoms with E-state index < -0.39 is 46.3 Å². The van der Waals surface area contributed by atoms with Crippen molar-refractivity contribution in [3.05, 3.63) is 122 Å². The number of carbonyl (C=O) groups is 2. The third kappa shape index (κ3) is 12.2. The molecule has 0 saturated carbocycles. The topological polar surface area (TPSA) is 152 Å². The second-order valence-electron chi connectivity index (χ2n) is 14.0. The Morgan fingerprint density at radius 1 is 0.694 bits per heavy atom. The average molecular weight is 921 g/mol. The van der Waals surface area contributed by atoms with Crippen LogP contribution in [0.2, 0.25) is 10.0 Å². The first-order chi connectivity index (χ1) is 28.3. The minimum Gasteiger partial charge on any atom is -0.480 e. The van der Waals surface area contributed by atoms with E-state index in [0.29, 0.717) is 21.6 Å². The fraction of sp³-hybridized carbons (Fsp3) is 0.350. The third-order valence-corrected chi connectivity index (χ3v) is 9.67. The number of carbonyl (C=O) groups excluding carboxylic acids is 1. The Bertz CT molecular complexity index is 2470. The molecular formula is C40H43Cl2F8N9O3. The third-order valence-electron chi connectivity index (χ3n) is 8.76. The largest absolute Gasteiger partial charge is 0.480 e. The number of aliphatic carboxylic acids is 1. The summed E-state index contributed by atoms with van der Waals surface area (Å²) in [5, 5.41) is 22.4. The van der Waals surface area contributed by atoms with Gasteiger partial charge in [-0.1, -0.05) is 58.3 Å². The number of aromatic nitrogens is 8. The smallest absolute Gasteiger partial charge is 0.436 e. The SMILES string of the molecule is C.CC(C)c1c(N)cnn1-c1ccc(F)cc1.Cc1c(Cl)c(C(F)(F)F)nn1CC(=O)Cc1cnn(-c2ccc(F)cc2)c1C(C)C.Cc1c(Cl)c(C(F)(F)F)nn1CC(=O)O. The lowest BCUT2D eigenvalue weighted by Gasteiger charge is -2.13. The van der Waals surface area contributed by atoms with Gasteiger partial charge in [0.2, 0.25) is 0 Å². The lowest BCUT2D eigenvalue weighted by atomic mass is 10.0. The highest BCUT2D eigenvalue weighted by molar-refractivity contribution is 6.32. The van der Waals surface area contributed by atoms with Crippen molar-refractivity contribution >= 4 is 40.6 Å². The highest BCUT2D eigenvalue weighted by Crippen LogP contribution is 2.36. The molecular weight excluding hydrogens is 877 g/mol. The Balaban J connectivity index is 0.000000270. The Morgan fingerprint density at radius 2 is 1.08 bits per heavy atom. The second kappa shape index (κ2) is 20.4. The highest BCUT2D eigenvalue weighted by Gasteiger charge is 2.39. The molecule has 0 spiro atoms. The molecule has 0 aliphatic carbocycles. The number of nitrogens with two attached hydrogens (primary N) is 1. The van der Waals surface area contributed by atoms with Crippen LogP contribution < -0.4 is 5.73 Å². The van der Waals surface area contributed by atoms with Gasteiger partial charge in [0.15, 0.2) is 17.2 Å². The van der Waals surface area contributed by atoms with E-state index in [0.717, 1.165) is 21.8 Å². The minimum absolute atomic E-state index is 0. The fourth-order valence-electron chi connectivity index (χ4n) is 5.95. The van der Waals surface area contributed by atoms with Crippen LogP contribution in [0.5, 0.6) is 0 Å². The van der Waals surface area contributed by atoms with Crippen molar-refractivity contribution in [2.24, 2.45) is 0 Å². The van der Waals surface area contributed by atoms with Gasteiger partial charge >= 0.3 is 18.3 Å². The molecule has 0 aliphatic heterocycles. The van der Waals surface area contributed by atoms with Crippen molar-refractivity contribution in [1.29, 1.82) is 0 Å². The summed E-state index contributed by atoms with van der Waals surface area (Å²) < 4.78 is 107. The molecule has 0 aliphatic rings. The van der Waals surface area contributed by atoms with E-state index >= 15 is 0 Å². The molecule has 2 aromatic carbocycles. The van der Waals surface area contributed by atoms with Gasteiger partial charge in [-0.2, -0.15) is 46.7 Å². The Kier molecular flexibility index (Phi) is 16.7. The number of nitrogen functional groups attached to an aromatic ring is 1. The van der Waals surface area contributed by atoms with E-state index in [9.17, 15) is 44.7 Å². The highest BCUT2D eigenvalue weighted by atomic mass is 35.5. The number of Topliss-reactive ketones (excluding diaryl/α,β-unsaturated/α-hetero) is 1. The molecule has 4 aromatic heterocycles. The molecule has 22 heteroatoms. The Labute approximate surface area is 360 Å². The maximum absolute atomic E-state index is 13.2. The van der Waals surface area contributed by atoms with Crippen molar-refractivity contribution in [2.75, 3.05) is 5.73 Å². The van der Waals surface area contributed by atoms with E-state index in [1.807, 2.05) is 27.7 Å². The van der Waals surface area contributed by atoms with Crippen LogP contribution in [-0.4, -0.2) is 56.0 Å². The van der Waals surface area contributed by atoms with E-state index in [1.54, 1.807) is 46.0 Å². The standard InChI is InChI=1S/C20H19ClF4N4O.C12H14FN3.C7H6ClF3N2O2.CH4/c1-11(2)18-13(9-26-29(18)15-6-4-14(22)5-7-15)8-16(30)10-28-12(3)17(21)19(27-28)20(23,24)25;1-8(2)12-11(14)7-15-16(12)10-5-3-9(13)4-6-10;1-3-5(8)6(7(9,10)11)12-13(3)2-4(14)15;/h4-7,9,11H,8,10H2,1-3H3;3-8H,14H2,1-2H3;2H2,1H3,(H,14,15);1H4. The fourth-order valence-corrected chi connectivity index (χ4v) is 6.44. The number of carboxylic acid groups (broad SMARTS) is 1. The van der Waals surface area contributed by atoms with E-state index in [1.165, 1.54) is 38.1 Å². The van der Waals surface area contributed by atoms with E-state index in [4.69, 9.17) is 34.0 Å². The van der Waals surface area contributed by atoms with Gasteiger partial charge < -0.3 is 10.8 Å². The monoisotopic (exact) mass is 919 g/mol. The summed E-state index contributed by atoms with van der Waals surface area (Å²) in [5.41, 5.74) is 7.92. The van der Waals surface area contributed by atoms with Gasteiger partial charge in [0.1, 0.15) is 24.7 Å². The quantitative estimate of drug-likeness (QED) is 0.129. The zero-order valence-electron chi connectivity index (χ0n) is 33.2. The van der Waals surface area contributed by atoms with E-state index in [-0.39, 0.29) is 61.0 Å². The Hall–Kier alpha value is -5.76. The number of benzene rings is 2. The summed E-state index contributed by atoms with van der Waals surface area (Å²) >= 11 is 11.1. The predicted octanol–water partition coefficient (Wildman–Crippen LogP) is 10.4. The van der Waals surface area contributed by atoms with Crippen molar-refractivity contribution < 1.29 is 49.8 Å². The lowest BCUT2D eigenvalue weighted by Crippen LogP contribution is -2.17. The number of alkyl halides is 6. The lowest BCUT2D eigenvalue weighted by molar-refractivity contribution is -0.143. The summed E-state index contributed by atoms with van der Waals surface area (Å²) in [5.74, 6) is -1.99. The minimum atomic E-state index is -4.70. The van der Waals surface area contributed by atoms with Crippen LogP contribution in [0, 0.1) is 25.5 Å². The van der Waals surface area contributed by atoms with Gasteiger partial charge in [-0.3, -0.25) is 19.0 Å². The van der Waals surface area contributed by atoms with Crippen LogP contribution in [0.15, 0.2) is 60.9 Å². The zero-order valence-corrected chi connectivity index (χ0v) is 34.8. The van der Waals surface area contributed by atoms with Gasteiger partial charge in [0.05, 0.1) is 62.3 Å². The van der Waals surface area contributed by atoms with Gasteiger partial charge in [0.25, 0.3) is 0 Å². The van der Waals surface area contributed by atoms with Gasteiger partial charge in [-0.15, -0.1) is 0 Å². The van der Waals surface area contributed by atoms with Crippen LogP contribution in [-0.2, 0) is 41.5 Å². The summed E-state index contributed by atoms with van der Waals surface area (Å²) in [7, 11) is 0. The van der Waals surface area contributed by atoms with Crippen LogP contribution in [0.25, 0.3) is 11.4 Å². The number of rotatable bonds is 10. The van der Waals surface area contributed by atoms with Crippen molar-refractivity contribution in [1.82, 2.24) is 39.1 Å². The molecule has 4 heterocycles. The number of ketones is 1. The zero-order chi connectivity index (χ0) is 45.7. The molecule has 0 atom stereocenters. The number of hydrogen-bond acceptors (Lipinski definition) is 7. The molecule has 0 unspecified atom stereocenters. The first-order valence-electron chi connectivity index (χ1n) is 18.1. The molecule has 62 heavy (non-hydrogen) atoms. The van der Waals surface area contributed by atoms with Gasteiger partial charge in [-0.05, 0) is 74.2 Å². The molecule has 3 N–H and O–H groups in total. The number of nitrogens with zero attached hydrogens (tertiary/aromatic N) is 8. The van der Waals surface area contributed by atoms with Crippen LogP contribution in [0.1, 0.15) is 86.7 Å². The number of halogens is 10. The van der Waals surface area contributed by atoms with Crippen molar-refractivity contribution in [3.8, 4) is 11.4 Å². The number of anilines is 1. The van der Waals surface area contributed by atoms with Gasteiger partial charge in [-0.25, -0.2) is 18.1 Å².